The standard InChI is InChI=1S/C12H19NO/c1-9(14-5)11-10(12(2,3)4)7-6-8-13-11/h6-9H,1-5H3/t9-/m0/s1. The number of ether oxygens (including phenoxy) is 1. The third-order valence-electron chi connectivity index (χ3n) is 2.39. The molecule has 0 spiro atoms. The summed E-state index contributed by atoms with van der Waals surface area (Å²) in [5, 5.41) is 0. The molecule has 78 valence electrons. The minimum absolute atomic E-state index is 0.0606. The molecule has 0 aliphatic carbocycles. The van der Waals surface area contributed by atoms with E-state index in [4.69, 9.17) is 4.74 Å². The Hall–Kier alpha value is -0.890. The molecule has 0 unspecified atom stereocenters. The highest BCUT2D eigenvalue weighted by Gasteiger charge is 2.21. The Kier molecular flexibility index (Phi) is 3.27. The molecule has 1 aromatic heterocycles. The first-order chi connectivity index (χ1) is 6.46. The van der Waals surface area contributed by atoms with Crippen LogP contribution in [0, 0.1) is 0 Å². The smallest absolute Gasteiger partial charge is 0.0965 e. The molecule has 1 aromatic rings. The maximum Gasteiger partial charge on any atom is 0.0965 e. The Bertz CT molecular complexity index is 301. The van der Waals surface area contributed by atoms with Crippen LogP contribution in [0.25, 0.3) is 0 Å². The topological polar surface area (TPSA) is 22.1 Å². The van der Waals surface area contributed by atoms with Crippen molar-refractivity contribution in [3.8, 4) is 0 Å². The Morgan fingerprint density at radius 2 is 2.00 bits per heavy atom. The van der Waals surface area contributed by atoms with Crippen molar-refractivity contribution < 1.29 is 4.74 Å². The summed E-state index contributed by atoms with van der Waals surface area (Å²) in [6, 6.07) is 4.10. The summed E-state index contributed by atoms with van der Waals surface area (Å²) in [6.45, 7) is 8.60. The normalized spacial score (nSPS) is 14.1. The van der Waals surface area contributed by atoms with E-state index >= 15 is 0 Å². The quantitative estimate of drug-likeness (QED) is 0.720. The Morgan fingerprint density at radius 3 is 2.50 bits per heavy atom. The Morgan fingerprint density at radius 1 is 1.36 bits per heavy atom. The van der Waals surface area contributed by atoms with Gasteiger partial charge in [0.25, 0.3) is 0 Å². The Balaban J connectivity index is 3.16. The van der Waals surface area contributed by atoms with Crippen molar-refractivity contribution in [1.82, 2.24) is 4.98 Å². The van der Waals surface area contributed by atoms with E-state index in [2.05, 4.69) is 31.8 Å². The van der Waals surface area contributed by atoms with Crippen LogP contribution in [0.3, 0.4) is 0 Å². The van der Waals surface area contributed by atoms with Gasteiger partial charge in [0.2, 0.25) is 0 Å². The van der Waals surface area contributed by atoms with Crippen LogP contribution in [0.5, 0.6) is 0 Å². The second-order valence-corrected chi connectivity index (χ2v) is 4.56. The molecule has 0 aliphatic rings. The minimum Gasteiger partial charge on any atom is -0.375 e. The molecule has 0 radical (unpaired) electrons. The predicted octanol–water partition coefficient (Wildman–Crippen LogP) is 3.09. The monoisotopic (exact) mass is 193 g/mol. The molecule has 0 amide bonds. The highest BCUT2D eigenvalue weighted by molar-refractivity contribution is 5.28. The van der Waals surface area contributed by atoms with E-state index in [1.165, 1.54) is 5.56 Å². The molecule has 14 heavy (non-hydrogen) atoms. The van der Waals surface area contributed by atoms with Crippen molar-refractivity contribution in [2.45, 2.75) is 39.2 Å². The highest BCUT2D eigenvalue weighted by atomic mass is 16.5. The van der Waals surface area contributed by atoms with Crippen LogP contribution in [0.1, 0.15) is 45.1 Å². The first kappa shape index (κ1) is 11.2. The number of hydrogen-bond acceptors (Lipinski definition) is 2. The van der Waals surface area contributed by atoms with E-state index in [1.807, 2.05) is 19.2 Å². The van der Waals surface area contributed by atoms with Gasteiger partial charge < -0.3 is 4.74 Å². The van der Waals surface area contributed by atoms with Crippen molar-refractivity contribution >= 4 is 0 Å². The van der Waals surface area contributed by atoms with Gasteiger partial charge in [-0.05, 0) is 24.0 Å². The van der Waals surface area contributed by atoms with Gasteiger partial charge in [-0.15, -0.1) is 0 Å². The van der Waals surface area contributed by atoms with Gasteiger partial charge in [0, 0.05) is 13.3 Å². The maximum atomic E-state index is 5.31. The summed E-state index contributed by atoms with van der Waals surface area (Å²) in [5.74, 6) is 0. The molecule has 0 aliphatic heterocycles. The molecule has 0 N–H and O–H groups in total. The molecule has 2 nitrogen and oxygen atoms in total. The van der Waals surface area contributed by atoms with Crippen molar-refractivity contribution in [3.05, 3.63) is 29.6 Å². The SMILES string of the molecule is CO[C@@H](C)c1ncccc1C(C)(C)C. The van der Waals surface area contributed by atoms with Crippen LogP contribution < -0.4 is 0 Å². The van der Waals surface area contributed by atoms with Gasteiger partial charge in [-0.1, -0.05) is 26.8 Å². The molecule has 2 heteroatoms. The van der Waals surface area contributed by atoms with E-state index in [1.54, 1.807) is 7.11 Å². The molecule has 0 saturated carbocycles. The summed E-state index contributed by atoms with van der Waals surface area (Å²) < 4.78 is 5.31. The van der Waals surface area contributed by atoms with E-state index in [0.717, 1.165) is 5.69 Å². The van der Waals surface area contributed by atoms with Crippen LogP contribution in [-0.2, 0) is 10.2 Å². The lowest BCUT2D eigenvalue weighted by atomic mass is 9.85. The van der Waals surface area contributed by atoms with E-state index < -0.39 is 0 Å². The zero-order chi connectivity index (χ0) is 10.8. The number of methoxy groups -OCH3 is 1. The first-order valence-electron chi connectivity index (χ1n) is 4.95. The summed E-state index contributed by atoms with van der Waals surface area (Å²) in [7, 11) is 1.71. The van der Waals surface area contributed by atoms with Crippen LogP contribution in [0.2, 0.25) is 0 Å². The fourth-order valence-electron chi connectivity index (χ4n) is 1.49. The highest BCUT2D eigenvalue weighted by Crippen LogP contribution is 2.28. The number of hydrogen-bond donors (Lipinski definition) is 0. The van der Waals surface area contributed by atoms with Gasteiger partial charge in [-0.25, -0.2) is 0 Å². The van der Waals surface area contributed by atoms with Gasteiger partial charge in [-0.2, -0.15) is 0 Å². The predicted molar refractivity (Wildman–Crippen MR) is 58.4 cm³/mol. The molecule has 1 atom stereocenters. The third-order valence-corrected chi connectivity index (χ3v) is 2.39. The summed E-state index contributed by atoms with van der Waals surface area (Å²) in [4.78, 5) is 4.39. The zero-order valence-electron chi connectivity index (χ0n) is 9.66. The number of rotatable bonds is 2. The number of pyridine rings is 1. The molecular formula is C12H19NO. The van der Waals surface area contributed by atoms with Crippen molar-refractivity contribution in [2.24, 2.45) is 0 Å². The van der Waals surface area contributed by atoms with Crippen LogP contribution in [-0.4, -0.2) is 12.1 Å². The van der Waals surface area contributed by atoms with Gasteiger partial charge in [0.15, 0.2) is 0 Å². The summed E-state index contributed by atoms with van der Waals surface area (Å²) >= 11 is 0. The van der Waals surface area contributed by atoms with Crippen molar-refractivity contribution in [1.29, 1.82) is 0 Å². The maximum absolute atomic E-state index is 5.31. The number of aromatic nitrogens is 1. The molecule has 1 heterocycles. The lowest BCUT2D eigenvalue weighted by molar-refractivity contribution is 0.114. The lowest BCUT2D eigenvalue weighted by Gasteiger charge is -2.24. The average molecular weight is 193 g/mol. The van der Waals surface area contributed by atoms with Gasteiger partial charge >= 0.3 is 0 Å². The van der Waals surface area contributed by atoms with Gasteiger partial charge in [0.05, 0.1) is 11.8 Å². The first-order valence-corrected chi connectivity index (χ1v) is 4.95. The van der Waals surface area contributed by atoms with Gasteiger partial charge in [0.1, 0.15) is 0 Å². The lowest BCUT2D eigenvalue weighted by Crippen LogP contribution is -2.17. The second kappa shape index (κ2) is 4.09. The summed E-state index contributed by atoms with van der Waals surface area (Å²) in [5.41, 5.74) is 2.42. The molecule has 0 aromatic carbocycles. The largest absolute Gasteiger partial charge is 0.375 e. The summed E-state index contributed by atoms with van der Waals surface area (Å²) in [6.07, 6.45) is 1.88. The zero-order valence-corrected chi connectivity index (χ0v) is 9.66. The third kappa shape index (κ3) is 2.32. The fraction of sp³-hybridized carbons (Fsp3) is 0.583. The molecule has 0 bridgehead atoms. The molecule has 0 fully saturated rings. The number of nitrogens with zero attached hydrogens (tertiary/aromatic N) is 1. The van der Waals surface area contributed by atoms with E-state index in [-0.39, 0.29) is 11.5 Å². The fourth-order valence-corrected chi connectivity index (χ4v) is 1.49. The van der Waals surface area contributed by atoms with E-state index in [0.29, 0.717) is 0 Å². The molecule has 0 saturated heterocycles. The Labute approximate surface area is 86.3 Å². The molecular weight excluding hydrogens is 174 g/mol. The van der Waals surface area contributed by atoms with Crippen LogP contribution >= 0.6 is 0 Å². The van der Waals surface area contributed by atoms with Gasteiger partial charge in [-0.3, -0.25) is 4.98 Å². The van der Waals surface area contributed by atoms with Crippen molar-refractivity contribution in [3.63, 3.8) is 0 Å². The second-order valence-electron chi connectivity index (χ2n) is 4.56. The minimum atomic E-state index is 0.0606. The van der Waals surface area contributed by atoms with Crippen LogP contribution in [0.15, 0.2) is 18.3 Å². The van der Waals surface area contributed by atoms with E-state index in [9.17, 15) is 0 Å². The van der Waals surface area contributed by atoms with Crippen LogP contribution in [0.4, 0.5) is 0 Å². The average Bonchev–Trinajstić information content (AvgIpc) is 2.15. The van der Waals surface area contributed by atoms with Crippen molar-refractivity contribution in [2.75, 3.05) is 7.11 Å². The molecule has 1 rings (SSSR count).